The summed E-state index contributed by atoms with van der Waals surface area (Å²) in [5, 5.41) is 48.3. The third-order valence-electron chi connectivity index (χ3n) is 18.9. The van der Waals surface area contributed by atoms with Crippen LogP contribution in [-0.2, 0) is 96.1 Å². The molecule has 2 heterocycles. The number of likely N-dealkylation sites (tertiary alicyclic amines) is 1. The van der Waals surface area contributed by atoms with E-state index < -0.39 is 132 Å². The number of nitrogens with zero attached hydrogens (tertiary/aromatic N) is 2. The topological polar surface area (TPSA) is 446 Å². The number of ether oxygens (including phenoxy) is 1. The second kappa shape index (κ2) is 41.4. The maximum Gasteiger partial charge on any atom is 0.245 e. The van der Waals surface area contributed by atoms with Crippen molar-refractivity contribution in [1.29, 1.82) is 5.41 Å². The summed E-state index contributed by atoms with van der Waals surface area (Å²) in [6.45, 7) is 8.78. The van der Waals surface area contributed by atoms with Crippen LogP contribution in [0.3, 0.4) is 0 Å². The van der Waals surface area contributed by atoms with Crippen LogP contribution < -0.4 is 70.4 Å². The van der Waals surface area contributed by atoms with E-state index in [1.54, 1.807) is 78.9 Å². The lowest BCUT2D eigenvalue weighted by Gasteiger charge is -2.31. The Hall–Kier alpha value is -11.0. The van der Waals surface area contributed by atoms with Crippen LogP contribution in [0.2, 0.25) is 5.02 Å². The van der Waals surface area contributed by atoms with Gasteiger partial charge in [0.05, 0.1) is 19.8 Å². The van der Waals surface area contributed by atoms with E-state index in [-0.39, 0.29) is 82.8 Å². The van der Waals surface area contributed by atoms with Crippen LogP contribution in [-0.4, -0.2) is 192 Å². The van der Waals surface area contributed by atoms with Crippen molar-refractivity contribution in [1.82, 2.24) is 63.0 Å². The largest absolute Gasteiger partial charge is 0.399 e. The van der Waals surface area contributed by atoms with Crippen LogP contribution >= 0.6 is 11.6 Å². The molecule has 0 radical (unpaired) electrons. The Morgan fingerprint density at radius 1 is 0.532 bits per heavy atom. The van der Waals surface area contributed by atoms with E-state index in [0.29, 0.717) is 59.1 Å². The molecule has 109 heavy (non-hydrogen) atoms. The number of nitrogens with one attached hydrogen (secondary N) is 11. The van der Waals surface area contributed by atoms with Crippen molar-refractivity contribution in [3.05, 3.63) is 184 Å². The van der Waals surface area contributed by atoms with Gasteiger partial charge in [-0.3, -0.25) is 63.0 Å². The van der Waals surface area contributed by atoms with Gasteiger partial charge in [0.15, 0.2) is 5.96 Å². The number of hydrogen-bond donors (Lipinski definition) is 15. The van der Waals surface area contributed by atoms with E-state index >= 15 is 9.59 Å². The molecule has 29 nitrogen and oxygen atoms in total. The van der Waals surface area contributed by atoms with Crippen molar-refractivity contribution >= 4 is 99.0 Å². The quantitative estimate of drug-likeness (QED) is 0.0113. The smallest absolute Gasteiger partial charge is 0.245 e. The molecule has 6 aromatic carbocycles. The van der Waals surface area contributed by atoms with Gasteiger partial charge in [0.25, 0.3) is 0 Å². The third-order valence-corrected chi connectivity index (χ3v) is 19.2. The number of guanidine groups is 1. The zero-order valence-corrected chi connectivity index (χ0v) is 62.5. The number of carbonyl (C=O) groups is 11. The predicted octanol–water partition coefficient (Wildman–Crippen LogP) is 1.60. The van der Waals surface area contributed by atoms with Crippen molar-refractivity contribution < 1.29 is 62.6 Å². The summed E-state index contributed by atoms with van der Waals surface area (Å²) in [7, 11) is 0. The molecular weight excluding hydrogens is 1420 g/mol. The molecule has 18 N–H and O–H groups in total. The second-order valence-electron chi connectivity index (χ2n) is 28.0. The van der Waals surface area contributed by atoms with Crippen molar-refractivity contribution in [3.63, 3.8) is 0 Å². The highest BCUT2D eigenvalue weighted by atomic mass is 35.5. The summed E-state index contributed by atoms with van der Waals surface area (Å²) in [6.07, 6.45) is 0.244. The van der Waals surface area contributed by atoms with Gasteiger partial charge >= 0.3 is 0 Å². The average Bonchev–Trinajstić information content (AvgIpc) is 1.79. The molecule has 30 heteroatoms. The van der Waals surface area contributed by atoms with E-state index in [4.69, 9.17) is 38.9 Å². The van der Waals surface area contributed by atoms with Crippen LogP contribution in [0.5, 0.6) is 0 Å². The normalized spacial score (nSPS) is 16.1. The highest BCUT2D eigenvalue weighted by Gasteiger charge is 2.41. The van der Waals surface area contributed by atoms with Crippen molar-refractivity contribution in [2.24, 2.45) is 17.4 Å². The lowest BCUT2D eigenvalue weighted by atomic mass is 9.97. The summed E-state index contributed by atoms with van der Waals surface area (Å²) in [4.78, 5) is 161. The van der Waals surface area contributed by atoms with Gasteiger partial charge in [-0.05, 0) is 113 Å². The van der Waals surface area contributed by atoms with E-state index in [9.17, 15) is 48.3 Å². The number of aliphatic hydroxyl groups is 1. The average molecular weight is 1520 g/mol. The van der Waals surface area contributed by atoms with Crippen LogP contribution in [0.15, 0.2) is 146 Å². The van der Waals surface area contributed by atoms with Crippen molar-refractivity contribution in [3.8, 4) is 0 Å². The lowest BCUT2D eigenvalue weighted by molar-refractivity contribution is -0.142. The summed E-state index contributed by atoms with van der Waals surface area (Å²) in [5.74, 6) is -9.20. The van der Waals surface area contributed by atoms with E-state index in [1.165, 1.54) is 18.7 Å². The summed E-state index contributed by atoms with van der Waals surface area (Å²) in [5.41, 5.74) is 21.4. The molecule has 2 aliphatic rings. The molecular formula is C79H101ClN16O13. The molecule has 2 saturated heterocycles. The van der Waals surface area contributed by atoms with Gasteiger partial charge in [-0.15, -0.1) is 0 Å². The number of hydrogen-bond acceptors (Lipinski definition) is 16. The minimum atomic E-state index is -1.80. The fourth-order valence-electron chi connectivity index (χ4n) is 13.1. The molecule has 0 unspecified atom stereocenters. The Bertz CT molecular complexity index is 4130. The molecule has 11 amide bonds. The number of fused-ring (bicyclic) bond motifs is 1. The van der Waals surface area contributed by atoms with Crippen molar-refractivity contribution in [2.45, 2.75) is 159 Å². The number of nitrogen functional groups attached to an aromatic ring is 1. The SMILES string of the molecule is CC(=O)N[C@H](Cc1cccc2ccccc12)C(=O)N[C@H](Cc1ccc(Cl)cc1)C(=O)N[C@H](Cc1ccccc1)C(=O)N[C@@H](CO)C(=O)N[C@@H](Cc1ccc(N)cc1)C(=O)N[C@H](Cc1ccc(CN2CCOCC2)cc1)C(=O)N[C@@H](CC(C)C)C(=O)N[C@@H](CCCNC(=N)N)C(=O)N1CCC[C@H]1C(=O)N[C@H](C)C(N)=O. The molecule has 6 aromatic rings. The van der Waals surface area contributed by atoms with Gasteiger partial charge in [0.1, 0.15) is 60.4 Å². The summed E-state index contributed by atoms with van der Waals surface area (Å²) in [6, 6.07) is 28.5. The maximum absolute atomic E-state index is 15.3. The van der Waals surface area contributed by atoms with Gasteiger partial charge < -0.3 is 85.1 Å². The zero-order valence-electron chi connectivity index (χ0n) is 61.8. The number of nitrogens with two attached hydrogens (primary N) is 3. The Morgan fingerprint density at radius 2 is 0.991 bits per heavy atom. The lowest BCUT2D eigenvalue weighted by Crippen LogP contribution is -2.62. The van der Waals surface area contributed by atoms with Gasteiger partial charge in [-0.1, -0.05) is 147 Å². The Morgan fingerprint density at radius 3 is 1.52 bits per heavy atom. The molecule has 582 valence electrons. The monoisotopic (exact) mass is 1520 g/mol. The minimum absolute atomic E-state index is 0.00615. The number of amides is 11. The number of morpholine rings is 1. The molecule has 10 atom stereocenters. The number of anilines is 1. The maximum atomic E-state index is 15.3. The van der Waals surface area contributed by atoms with E-state index in [1.807, 2.05) is 80.6 Å². The van der Waals surface area contributed by atoms with Crippen molar-refractivity contribution in [2.75, 3.05) is 51.7 Å². The Balaban J connectivity index is 1.06. The Kier molecular flexibility index (Phi) is 31.7. The van der Waals surface area contributed by atoms with E-state index in [0.717, 1.165) is 35.0 Å². The van der Waals surface area contributed by atoms with Crippen LogP contribution in [0.4, 0.5) is 5.69 Å². The first-order chi connectivity index (χ1) is 52.2. The van der Waals surface area contributed by atoms with Gasteiger partial charge in [-0.2, -0.15) is 0 Å². The number of carbonyl (C=O) groups excluding carboxylic acids is 11. The standard InChI is InChI=1S/C79H101ClN16O13/c1-47(2)39-61(70(100)88-60(19-11-33-85-79(83)84)78(108)96-34-12-20-68(96)77(107)86-48(3)69(82)99)89-71(101)63(41-51-21-23-54(24-22-51)45-95-35-37-109-38-36-95)91-73(103)65(43-53-27-31-58(81)32-28-53)93-76(106)67(46-97)94-74(104)62(40-50-13-6-5-7-14-50)90-72(102)64(42-52-25-29-57(80)30-26-52)92-75(105)66(87-49(4)98)44-56-17-10-16-55-15-8-9-18-59(55)56/h5-10,13-18,21-32,47-48,60-68,97H,11-12,19-20,33-46,81H2,1-4H3,(H2,82,99)(H,86,107)(H,87,98)(H,88,100)(H,89,101)(H,90,102)(H,91,103)(H,92,105)(H,93,106)(H,94,104)(H4,83,84,85)/t48-,60+,61+,62-,63-,64-,65+,66-,67+,68+/m1/s1. The molecule has 2 aliphatic heterocycles. The van der Waals surface area contributed by atoms with Crippen LogP contribution in [0.1, 0.15) is 93.2 Å². The first kappa shape index (κ1) is 83.6. The fraction of sp³-hybridized carbons (Fsp3) is 0.418. The van der Waals surface area contributed by atoms with E-state index in [2.05, 4.69) is 58.1 Å². The molecule has 2 fully saturated rings. The minimum Gasteiger partial charge on any atom is -0.399 e. The fourth-order valence-corrected chi connectivity index (χ4v) is 13.2. The summed E-state index contributed by atoms with van der Waals surface area (Å²) >= 11 is 6.27. The van der Waals surface area contributed by atoms with Gasteiger partial charge in [-0.25, -0.2) is 0 Å². The number of halogens is 1. The number of primary amides is 1. The zero-order chi connectivity index (χ0) is 78.7. The predicted molar refractivity (Wildman–Crippen MR) is 412 cm³/mol. The van der Waals surface area contributed by atoms with Crippen LogP contribution in [0.25, 0.3) is 10.8 Å². The summed E-state index contributed by atoms with van der Waals surface area (Å²) < 4.78 is 5.55. The molecule has 0 saturated carbocycles. The second-order valence-corrected chi connectivity index (χ2v) is 28.5. The third kappa shape index (κ3) is 26.1. The highest BCUT2D eigenvalue weighted by molar-refractivity contribution is 6.30. The number of rotatable bonds is 38. The molecule has 8 rings (SSSR count). The van der Waals surface area contributed by atoms with Gasteiger partial charge in [0.2, 0.25) is 65.0 Å². The first-order valence-electron chi connectivity index (χ1n) is 36.7. The highest BCUT2D eigenvalue weighted by Crippen LogP contribution is 2.24. The number of aliphatic hydroxyl groups excluding tert-OH is 1. The number of benzene rings is 6. The Labute approximate surface area is 638 Å². The molecule has 0 aromatic heterocycles. The molecule has 0 spiro atoms. The van der Waals surface area contributed by atoms with Crippen LogP contribution in [0, 0.1) is 11.3 Å². The first-order valence-corrected chi connectivity index (χ1v) is 37.0. The molecule has 0 bridgehead atoms. The van der Waals surface area contributed by atoms with Gasteiger partial charge in [0, 0.05) is 82.5 Å². The molecule has 0 aliphatic carbocycles.